The minimum atomic E-state index is -2.86. The van der Waals surface area contributed by atoms with E-state index in [9.17, 15) is 8.42 Å². The lowest BCUT2D eigenvalue weighted by molar-refractivity contribution is 0.389. The van der Waals surface area contributed by atoms with E-state index in [0.717, 1.165) is 0 Å². The van der Waals surface area contributed by atoms with E-state index in [1.807, 2.05) is 6.92 Å². The van der Waals surface area contributed by atoms with Crippen molar-refractivity contribution in [1.82, 2.24) is 10.2 Å². The minimum absolute atomic E-state index is 0.0691. The number of hydrogen-bond donors (Lipinski definition) is 0. The monoisotopic (exact) mass is 301 g/mol. The topological polar surface area (TPSA) is 96.9 Å². The lowest BCUT2D eigenvalue weighted by Gasteiger charge is -2.01. The van der Waals surface area contributed by atoms with Gasteiger partial charge in [0.05, 0.1) is 23.5 Å². The zero-order valence-electron chi connectivity index (χ0n) is 10.6. The highest BCUT2D eigenvalue weighted by Crippen LogP contribution is 2.24. The summed E-state index contributed by atoms with van der Waals surface area (Å²) in [6.07, 6.45) is 1.18. The van der Waals surface area contributed by atoms with Gasteiger partial charge in [0, 0.05) is 12.2 Å². The van der Waals surface area contributed by atoms with Crippen molar-refractivity contribution >= 4 is 21.6 Å². The van der Waals surface area contributed by atoms with Crippen LogP contribution < -0.4 is 0 Å². The van der Waals surface area contributed by atoms with Crippen LogP contribution in [-0.2, 0) is 16.3 Å². The van der Waals surface area contributed by atoms with Crippen molar-refractivity contribution in [3.05, 3.63) is 5.89 Å². The predicted molar refractivity (Wildman–Crippen MR) is 70.3 cm³/mol. The molecule has 0 N–H and O–H groups in total. The Morgan fingerprint density at radius 3 is 3.00 bits per heavy atom. The molecule has 1 aliphatic rings. The summed E-state index contributed by atoms with van der Waals surface area (Å²) >= 11 is 1.35. The van der Waals surface area contributed by atoms with Crippen LogP contribution in [0.15, 0.2) is 9.64 Å². The molecule has 2 atom stereocenters. The third-order valence-electron chi connectivity index (χ3n) is 2.92. The average molecular weight is 301 g/mol. The molecule has 2 rings (SSSR count). The molecule has 0 aliphatic carbocycles. The minimum Gasteiger partial charge on any atom is -0.416 e. The van der Waals surface area contributed by atoms with Crippen molar-refractivity contribution in [3.63, 3.8) is 0 Å². The smallest absolute Gasteiger partial charge is 0.276 e. The molecule has 0 saturated carbocycles. The molecule has 1 aromatic heterocycles. The Balaban J connectivity index is 1.86. The molecule has 1 saturated heterocycles. The van der Waals surface area contributed by atoms with Crippen LogP contribution in [0.25, 0.3) is 0 Å². The lowest BCUT2D eigenvalue weighted by Crippen LogP contribution is -2.07. The van der Waals surface area contributed by atoms with Crippen LogP contribution in [0.4, 0.5) is 0 Å². The Hall–Kier alpha value is -1.07. The van der Waals surface area contributed by atoms with Crippen LogP contribution in [0.3, 0.4) is 0 Å². The summed E-state index contributed by atoms with van der Waals surface area (Å²) < 4.78 is 28.1. The summed E-state index contributed by atoms with van der Waals surface area (Å²) in [5, 5.41) is 16.9. The third kappa shape index (κ3) is 4.21. The number of aromatic nitrogens is 2. The van der Waals surface area contributed by atoms with E-state index in [1.54, 1.807) is 0 Å². The number of rotatable bonds is 5. The first-order valence-electron chi connectivity index (χ1n) is 6.04. The van der Waals surface area contributed by atoms with Crippen molar-refractivity contribution in [2.45, 2.75) is 25.0 Å². The van der Waals surface area contributed by atoms with Gasteiger partial charge in [-0.25, -0.2) is 8.42 Å². The Kier molecular flexibility index (Phi) is 4.47. The van der Waals surface area contributed by atoms with E-state index in [4.69, 9.17) is 9.68 Å². The van der Waals surface area contributed by atoms with Gasteiger partial charge in [-0.1, -0.05) is 11.8 Å². The maximum Gasteiger partial charge on any atom is 0.276 e. The van der Waals surface area contributed by atoms with Crippen LogP contribution >= 0.6 is 11.8 Å². The molecule has 0 amide bonds. The van der Waals surface area contributed by atoms with Gasteiger partial charge in [-0.3, -0.25) is 0 Å². The summed E-state index contributed by atoms with van der Waals surface area (Å²) in [6.45, 7) is 1.83. The zero-order chi connectivity index (χ0) is 13.9. The fraction of sp³-hybridized carbons (Fsp3) is 0.727. The standard InChI is InChI=1S/C11H15N3O3S2/c1-8(5-12)6-18-11-14-13-10(17-11)4-9-2-3-19(15,16)7-9/h8-9H,2-4,6-7H2,1H3/t8-,9+/m1/s1. The predicted octanol–water partition coefficient (Wildman–Crippen LogP) is 1.30. The molecule has 1 aliphatic heterocycles. The van der Waals surface area contributed by atoms with E-state index < -0.39 is 9.84 Å². The Morgan fingerprint density at radius 2 is 2.37 bits per heavy atom. The summed E-state index contributed by atoms with van der Waals surface area (Å²) in [5.74, 6) is 1.57. The summed E-state index contributed by atoms with van der Waals surface area (Å²) in [4.78, 5) is 0. The second-order valence-electron chi connectivity index (χ2n) is 4.78. The van der Waals surface area contributed by atoms with Gasteiger partial charge in [-0.05, 0) is 19.3 Å². The molecule has 0 unspecified atom stereocenters. The first-order valence-corrected chi connectivity index (χ1v) is 8.84. The van der Waals surface area contributed by atoms with Gasteiger partial charge >= 0.3 is 0 Å². The van der Waals surface area contributed by atoms with Gasteiger partial charge in [-0.2, -0.15) is 5.26 Å². The average Bonchev–Trinajstić information content (AvgIpc) is 2.93. The largest absolute Gasteiger partial charge is 0.416 e. The first-order chi connectivity index (χ1) is 8.98. The van der Waals surface area contributed by atoms with Gasteiger partial charge < -0.3 is 4.42 Å². The van der Waals surface area contributed by atoms with Gasteiger partial charge in [0.2, 0.25) is 5.89 Å². The Bertz CT molecular complexity index is 576. The summed E-state index contributed by atoms with van der Waals surface area (Å²) in [6, 6.07) is 2.13. The summed E-state index contributed by atoms with van der Waals surface area (Å²) in [5.41, 5.74) is 0. The van der Waals surface area contributed by atoms with Crippen molar-refractivity contribution in [1.29, 1.82) is 5.26 Å². The van der Waals surface area contributed by atoms with Crippen molar-refractivity contribution < 1.29 is 12.8 Å². The second-order valence-corrected chi connectivity index (χ2v) is 7.98. The van der Waals surface area contributed by atoms with E-state index in [0.29, 0.717) is 29.7 Å². The molecule has 2 heterocycles. The van der Waals surface area contributed by atoms with E-state index in [2.05, 4.69) is 16.3 Å². The molecule has 0 aromatic carbocycles. The maximum absolute atomic E-state index is 11.3. The van der Waals surface area contributed by atoms with Gasteiger partial charge in [0.15, 0.2) is 9.84 Å². The van der Waals surface area contributed by atoms with Crippen LogP contribution in [0.5, 0.6) is 0 Å². The molecule has 0 radical (unpaired) electrons. The van der Waals surface area contributed by atoms with Crippen molar-refractivity contribution in [3.8, 4) is 6.07 Å². The number of nitrogens with zero attached hydrogens (tertiary/aromatic N) is 3. The summed E-state index contributed by atoms with van der Waals surface area (Å²) in [7, 11) is -2.86. The molecule has 6 nitrogen and oxygen atoms in total. The number of hydrogen-bond acceptors (Lipinski definition) is 7. The van der Waals surface area contributed by atoms with Crippen LogP contribution in [0, 0.1) is 23.2 Å². The normalized spacial score (nSPS) is 23.1. The number of nitriles is 1. The Morgan fingerprint density at radius 1 is 1.58 bits per heavy atom. The van der Waals surface area contributed by atoms with E-state index in [-0.39, 0.29) is 23.3 Å². The zero-order valence-corrected chi connectivity index (χ0v) is 12.2. The maximum atomic E-state index is 11.3. The highest BCUT2D eigenvalue weighted by atomic mass is 32.2. The molecule has 1 aromatic rings. The third-order valence-corrected chi connectivity index (χ3v) is 5.83. The lowest BCUT2D eigenvalue weighted by atomic mass is 10.1. The van der Waals surface area contributed by atoms with Crippen molar-refractivity contribution in [2.75, 3.05) is 17.3 Å². The van der Waals surface area contributed by atoms with Gasteiger partial charge in [0.1, 0.15) is 0 Å². The first kappa shape index (κ1) is 14.3. The molecule has 19 heavy (non-hydrogen) atoms. The fourth-order valence-electron chi connectivity index (χ4n) is 1.89. The van der Waals surface area contributed by atoms with E-state index >= 15 is 0 Å². The highest BCUT2D eigenvalue weighted by molar-refractivity contribution is 7.99. The molecule has 0 spiro atoms. The molecule has 1 fully saturated rings. The highest BCUT2D eigenvalue weighted by Gasteiger charge is 2.29. The second kappa shape index (κ2) is 5.92. The molecular formula is C11H15N3O3S2. The van der Waals surface area contributed by atoms with Crippen LogP contribution in [-0.4, -0.2) is 35.9 Å². The Labute approximate surface area is 116 Å². The van der Waals surface area contributed by atoms with Crippen molar-refractivity contribution in [2.24, 2.45) is 11.8 Å². The van der Waals surface area contributed by atoms with Crippen LogP contribution in [0.2, 0.25) is 0 Å². The molecule has 8 heteroatoms. The SMILES string of the molecule is C[C@H](C#N)CSc1nnc(C[C@@H]2CCS(=O)(=O)C2)o1. The molecule has 104 valence electrons. The van der Waals surface area contributed by atoms with E-state index in [1.165, 1.54) is 11.8 Å². The van der Waals surface area contributed by atoms with Gasteiger partial charge in [-0.15, -0.1) is 10.2 Å². The number of sulfone groups is 1. The van der Waals surface area contributed by atoms with Gasteiger partial charge in [0.25, 0.3) is 5.22 Å². The molecular weight excluding hydrogens is 286 g/mol. The fourth-order valence-corrected chi connectivity index (χ4v) is 4.48. The quantitative estimate of drug-likeness (QED) is 0.756. The van der Waals surface area contributed by atoms with Crippen LogP contribution in [0.1, 0.15) is 19.2 Å². The molecule has 0 bridgehead atoms. The number of thioether (sulfide) groups is 1.